The molecule has 0 aliphatic heterocycles. The Morgan fingerprint density at radius 3 is 2.36 bits per heavy atom. The van der Waals surface area contributed by atoms with E-state index in [2.05, 4.69) is 10.3 Å². The highest BCUT2D eigenvalue weighted by molar-refractivity contribution is 7.98. The molecule has 0 aliphatic rings. The van der Waals surface area contributed by atoms with Gasteiger partial charge in [0.25, 0.3) is 11.1 Å². The molecule has 0 atom stereocenters. The Morgan fingerprint density at radius 2 is 1.61 bits per heavy atom. The molecule has 4 aromatic rings. The number of thioether (sulfide) groups is 1. The molecule has 0 radical (unpaired) electrons. The van der Waals surface area contributed by atoms with Crippen molar-refractivity contribution in [3.8, 4) is 17.2 Å². The highest BCUT2D eigenvalue weighted by Crippen LogP contribution is 2.34. The monoisotopic (exact) mass is 464 g/mol. The smallest absolute Gasteiger partial charge is 0.257 e. The molecule has 4 rings (SSSR count). The fourth-order valence-corrected chi connectivity index (χ4v) is 4.26. The molecular weight excluding hydrogens is 440 g/mol. The summed E-state index contributed by atoms with van der Waals surface area (Å²) in [7, 11) is 4.71. The number of hydrogen-bond acceptors (Lipinski definition) is 7. The lowest BCUT2D eigenvalue weighted by Crippen LogP contribution is -2.24. The molecule has 0 saturated heterocycles. The molecule has 0 spiro atoms. The van der Waals surface area contributed by atoms with Gasteiger partial charge in [-0.25, -0.2) is 4.98 Å². The van der Waals surface area contributed by atoms with Gasteiger partial charge >= 0.3 is 0 Å². The van der Waals surface area contributed by atoms with Gasteiger partial charge in [-0.2, -0.15) is 0 Å². The highest BCUT2D eigenvalue weighted by atomic mass is 32.2. The van der Waals surface area contributed by atoms with Crippen LogP contribution in [0.25, 0.3) is 11.1 Å². The van der Waals surface area contributed by atoms with Crippen LogP contribution in [0.2, 0.25) is 0 Å². The van der Waals surface area contributed by atoms with Gasteiger partial charge in [-0.3, -0.25) is 4.79 Å². The zero-order chi connectivity index (χ0) is 23.2. The number of benzene rings is 3. The van der Waals surface area contributed by atoms with E-state index >= 15 is 0 Å². The number of para-hydroxylation sites is 2. The van der Waals surface area contributed by atoms with Crippen LogP contribution in [0.5, 0.6) is 17.2 Å². The molecule has 1 N–H and O–H groups in total. The van der Waals surface area contributed by atoms with Gasteiger partial charge in [0.05, 0.1) is 21.3 Å². The van der Waals surface area contributed by atoms with Crippen molar-refractivity contribution in [3.63, 3.8) is 0 Å². The Morgan fingerprint density at radius 1 is 0.909 bits per heavy atom. The summed E-state index contributed by atoms with van der Waals surface area (Å²) in [4.78, 5) is 17.5. The Balaban J connectivity index is 1.47. The van der Waals surface area contributed by atoms with Crippen LogP contribution in [0.1, 0.15) is 21.5 Å². The summed E-state index contributed by atoms with van der Waals surface area (Å²) in [5, 5.41) is 3.55. The first-order valence-electron chi connectivity index (χ1n) is 10.3. The van der Waals surface area contributed by atoms with E-state index in [1.165, 1.54) is 11.8 Å². The maximum absolute atomic E-state index is 13.0. The number of hydrogen-bond donors (Lipinski definition) is 1. The molecule has 33 heavy (non-hydrogen) atoms. The first-order chi connectivity index (χ1) is 16.1. The SMILES string of the molecule is COc1cc(OC)c(OC)cc1CNC(=O)c1ccccc1CSc1nc2ccccc2o1. The number of nitrogens with one attached hydrogen (secondary N) is 1. The number of carbonyl (C=O) groups is 1. The number of oxazole rings is 1. The van der Waals surface area contributed by atoms with E-state index in [1.807, 2.05) is 48.5 Å². The van der Waals surface area contributed by atoms with E-state index in [9.17, 15) is 4.79 Å². The minimum atomic E-state index is -0.180. The van der Waals surface area contributed by atoms with Crippen LogP contribution < -0.4 is 19.5 Å². The third-order valence-electron chi connectivity index (χ3n) is 5.11. The molecule has 170 valence electrons. The molecule has 1 aromatic heterocycles. The van der Waals surface area contributed by atoms with Crippen LogP contribution in [0.4, 0.5) is 0 Å². The van der Waals surface area contributed by atoms with Crippen LogP contribution in [-0.4, -0.2) is 32.2 Å². The Labute approximate surface area is 196 Å². The van der Waals surface area contributed by atoms with Crippen molar-refractivity contribution < 1.29 is 23.4 Å². The van der Waals surface area contributed by atoms with Crippen LogP contribution in [0.15, 0.2) is 70.3 Å². The fourth-order valence-electron chi connectivity index (χ4n) is 3.42. The summed E-state index contributed by atoms with van der Waals surface area (Å²) in [6.45, 7) is 0.273. The van der Waals surface area contributed by atoms with Crippen LogP contribution in [0, 0.1) is 0 Å². The van der Waals surface area contributed by atoms with E-state index in [-0.39, 0.29) is 12.5 Å². The minimum absolute atomic E-state index is 0.180. The second kappa shape index (κ2) is 10.3. The second-order valence-electron chi connectivity index (χ2n) is 7.10. The number of methoxy groups -OCH3 is 3. The quantitative estimate of drug-likeness (QED) is 0.346. The molecule has 0 fully saturated rings. The fraction of sp³-hybridized carbons (Fsp3) is 0.200. The van der Waals surface area contributed by atoms with Crippen LogP contribution in [-0.2, 0) is 12.3 Å². The maximum Gasteiger partial charge on any atom is 0.257 e. The van der Waals surface area contributed by atoms with E-state index in [0.29, 0.717) is 33.8 Å². The van der Waals surface area contributed by atoms with Crippen molar-refractivity contribution in [1.29, 1.82) is 0 Å². The number of carbonyl (C=O) groups excluding carboxylic acids is 1. The normalized spacial score (nSPS) is 10.8. The molecule has 8 heteroatoms. The van der Waals surface area contributed by atoms with Crippen molar-refractivity contribution in [2.24, 2.45) is 0 Å². The first-order valence-corrected chi connectivity index (χ1v) is 11.2. The second-order valence-corrected chi connectivity index (χ2v) is 8.02. The lowest BCUT2D eigenvalue weighted by molar-refractivity contribution is 0.0950. The molecule has 3 aromatic carbocycles. The van der Waals surface area contributed by atoms with Gasteiger partial charge in [0.1, 0.15) is 11.3 Å². The van der Waals surface area contributed by atoms with Crippen LogP contribution >= 0.6 is 11.8 Å². The average Bonchev–Trinajstić information content (AvgIpc) is 3.28. The van der Waals surface area contributed by atoms with E-state index < -0.39 is 0 Å². The van der Waals surface area contributed by atoms with Gasteiger partial charge < -0.3 is 23.9 Å². The van der Waals surface area contributed by atoms with Crippen molar-refractivity contribution >= 4 is 28.8 Å². The van der Waals surface area contributed by atoms with Crippen molar-refractivity contribution in [2.75, 3.05) is 21.3 Å². The zero-order valence-electron chi connectivity index (χ0n) is 18.6. The average molecular weight is 465 g/mol. The number of fused-ring (bicyclic) bond motifs is 1. The predicted molar refractivity (Wildman–Crippen MR) is 127 cm³/mol. The van der Waals surface area contributed by atoms with Gasteiger partial charge in [-0.1, -0.05) is 42.1 Å². The first kappa shape index (κ1) is 22.5. The van der Waals surface area contributed by atoms with Gasteiger partial charge in [0.2, 0.25) is 0 Å². The van der Waals surface area contributed by atoms with E-state index in [1.54, 1.807) is 33.5 Å². The Bertz CT molecular complexity index is 1240. The summed E-state index contributed by atoms with van der Waals surface area (Å²) in [6.07, 6.45) is 0. The molecule has 0 unspecified atom stereocenters. The Kier molecular flexibility index (Phi) is 7.04. The summed E-state index contributed by atoms with van der Waals surface area (Å²) >= 11 is 1.45. The number of rotatable bonds is 9. The molecule has 1 heterocycles. The third-order valence-corrected chi connectivity index (χ3v) is 5.99. The molecule has 1 amide bonds. The maximum atomic E-state index is 13.0. The summed E-state index contributed by atoms with van der Waals surface area (Å²) < 4.78 is 21.9. The van der Waals surface area contributed by atoms with E-state index in [4.69, 9.17) is 18.6 Å². The summed E-state index contributed by atoms with van der Waals surface area (Å²) in [5.74, 6) is 2.10. The number of ether oxygens (including phenoxy) is 3. The molecular formula is C25H24N2O5S. The highest BCUT2D eigenvalue weighted by Gasteiger charge is 2.16. The van der Waals surface area contributed by atoms with Crippen molar-refractivity contribution in [3.05, 3.63) is 77.4 Å². The topological polar surface area (TPSA) is 82.8 Å². The molecule has 0 aliphatic carbocycles. The van der Waals surface area contributed by atoms with Gasteiger partial charge in [-0.05, 0) is 29.8 Å². The standard InChI is InChI=1S/C25H24N2O5S/c1-29-21-13-23(31-3)22(30-2)12-17(21)14-26-24(28)18-9-5-4-8-16(18)15-33-25-27-19-10-6-7-11-20(19)32-25/h4-13H,14-15H2,1-3H3,(H,26,28). The van der Waals surface area contributed by atoms with Gasteiger partial charge in [0, 0.05) is 29.5 Å². The number of nitrogens with zero attached hydrogens (tertiary/aromatic N) is 1. The molecule has 0 saturated carbocycles. The third kappa shape index (κ3) is 5.06. The van der Waals surface area contributed by atoms with Gasteiger partial charge in [0.15, 0.2) is 17.1 Å². The molecule has 7 nitrogen and oxygen atoms in total. The summed E-state index contributed by atoms with van der Waals surface area (Å²) in [6, 6.07) is 18.7. The summed E-state index contributed by atoms with van der Waals surface area (Å²) in [5.41, 5.74) is 3.83. The Hall–Kier alpha value is -3.65. The van der Waals surface area contributed by atoms with Gasteiger partial charge in [-0.15, -0.1) is 0 Å². The van der Waals surface area contributed by atoms with Crippen molar-refractivity contribution in [2.45, 2.75) is 17.5 Å². The minimum Gasteiger partial charge on any atom is -0.496 e. The zero-order valence-corrected chi connectivity index (χ0v) is 19.4. The lowest BCUT2D eigenvalue weighted by atomic mass is 10.1. The number of aromatic nitrogens is 1. The van der Waals surface area contributed by atoms with Crippen molar-refractivity contribution in [1.82, 2.24) is 10.3 Å². The molecule has 0 bridgehead atoms. The van der Waals surface area contributed by atoms with Crippen LogP contribution in [0.3, 0.4) is 0 Å². The largest absolute Gasteiger partial charge is 0.496 e. The predicted octanol–water partition coefficient (Wildman–Crippen LogP) is 5.08. The van der Waals surface area contributed by atoms with E-state index in [0.717, 1.165) is 22.2 Å². The lowest BCUT2D eigenvalue weighted by Gasteiger charge is -2.15. The number of amides is 1.